The third-order valence-electron chi connectivity index (χ3n) is 4.97. The lowest BCUT2D eigenvalue weighted by molar-refractivity contribution is -0.141. The molecule has 0 N–H and O–H groups in total. The van der Waals surface area contributed by atoms with Gasteiger partial charge >= 0.3 is 6.03 Å². The lowest BCUT2D eigenvalue weighted by Crippen LogP contribution is -2.51. The number of thiol groups is 1. The summed E-state index contributed by atoms with van der Waals surface area (Å²) < 4.78 is 5.32. The van der Waals surface area contributed by atoms with Crippen molar-refractivity contribution in [2.45, 2.75) is 37.1 Å². The maximum absolute atomic E-state index is 12.8. The summed E-state index contributed by atoms with van der Waals surface area (Å²) in [6, 6.07) is 9.05. The Balaban J connectivity index is 1.42. The van der Waals surface area contributed by atoms with Gasteiger partial charge < -0.3 is 14.5 Å². The van der Waals surface area contributed by atoms with Gasteiger partial charge in [0.1, 0.15) is 12.6 Å². The van der Waals surface area contributed by atoms with Crippen LogP contribution in [0.1, 0.15) is 18.4 Å². The van der Waals surface area contributed by atoms with E-state index in [1.165, 1.54) is 5.06 Å². The molecule has 1 aromatic carbocycles. The van der Waals surface area contributed by atoms with E-state index in [1.54, 1.807) is 9.80 Å². The number of rotatable bonds is 4. The van der Waals surface area contributed by atoms with Crippen molar-refractivity contribution in [3.8, 4) is 0 Å². The third-order valence-corrected chi connectivity index (χ3v) is 5.40. The summed E-state index contributed by atoms with van der Waals surface area (Å²) in [5, 5.41) is 1.44. The second-order valence-corrected chi connectivity index (χ2v) is 6.94. The molecule has 0 radical (unpaired) electrons. The first-order chi connectivity index (χ1) is 12.1. The minimum atomic E-state index is -0.520. The van der Waals surface area contributed by atoms with Gasteiger partial charge in [-0.15, -0.1) is 12.6 Å². The first kappa shape index (κ1) is 16.7. The number of piperidine rings is 1. The number of benzene rings is 1. The Kier molecular flexibility index (Phi) is 4.58. The molecule has 3 aliphatic rings. The fraction of sp³-hybridized carbons (Fsp3) is 0.529. The summed E-state index contributed by atoms with van der Waals surface area (Å²) in [4.78, 5) is 34.5. The molecule has 0 spiro atoms. The van der Waals surface area contributed by atoms with Gasteiger partial charge in [0.25, 0.3) is 0 Å². The highest BCUT2D eigenvalue weighted by Crippen LogP contribution is 2.32. The predicted octanol–water partition coefficient (Wildman–Crippen LogP) is 1.46. The average molecular weight is 363 g/mol. The van der Waals surface area contributed by atoms with Crippen LogP contribution in [0.4, 0.5) is 4.79 Å². The lowest BCUT2D eigenvalue weighted by atomic mass is 10.00. The average Bonchev–Trinajstić information content (AvgIpc) is 3.16. The fourth-order valence-electron chi connectivity index (χ4n) is 3.64. The Morgan fingerprint density at radius 3 is 2.80 bits per heavy atom. The van der Waals surface area contributed by atoms with E-state index in [1.807, 2.05) is 30.3 Å². The number of hydrogen-bond acceptors (Lipinski definition) is 5. The normalized spacial score (nSPS) is 28.8. The molecule has 134 valence electrons. The van der Waals surface area contributed by atoms with Gasteiger partial charge in [-0.3, -0.25) is 9.63 Å². The monoisotopic (exact) mass is 363 g/mol. The van der Waals surface area contributed by atoms with Crippen LogP contribution in [0, 0.1) is 0 Å². The number of fused-ring (bicyclic) bond motifs is 2. The molecule has 1 unspecified atom stereocenters. The second-order valence-electron chi connectivity index (χ2n) is 6.50. The highest BCUT2D eigenvalue weighted by atomic mass is 32.1. The van der Waals surface area contributed by atoms with Gasteiger partial charge in [-0.25, -0.2) is 4.79 Å². The van der Waals surface area contributed by atoms with Crippen LogP contribution < -0.4 is 0 Å². The molecule has 4 rings (SSSR count). The maximum atomic E-state index is 12.8. The summed E-state index contributed by atoms with van der Waals surface area (Å²) >= 11 is 4.27. The van der Waals surface area contributed by atoms with E-state index in [2.05, 4.69) is 12.6 Å². The highest BCUT2D eigenvalue weighted by molar-refractivity contribution is 7.80. The molecule has 3 saturated heterocycles. The van der Waals surface area contributed by atoms with E-state index < -0.39 is 11.6 Å². The molecule has 8 heteroatoms. The minimum absolute atomic E-state index is 0.00175. The maximum Gasteiger partial charge on any atom is 0.345 e. The van der Waals surface area contributed by atoms with Crippen molar-refractivity contribution < 1.29 is 19.2 Å². The van der Waals surface area contributed by atoms with E-state index in [0.29, 0.717) is 32.7 Å². The first-order valence-corrected chi connectivity index (χ1v) is 9.03. The Morgan fingerprint density at radius 2 is 2.08 bits per heavy atom. The number of carbonyl (C=O) groups is 2. The van der Waals surface area contributed by atoms with Gasteiger partial charge in [0.2, 0.25) is 5.91 Å². The molecule has 3 amide bonds. The van der Waals surface area contributed by atoms with E-state index in [0.717, 1.165) is 12.0 Å². The van der Waals surface area contributed by atoms with Crippen molar-refractivity contribution in [3.05, 3.63) is 35.9 Å². The van der Waals surface area contributed by atoms with E-state index in [4.69, 9.17) is 9.57 Å². The highest BCUT2D eigenvalue weighted by Gasteiger charge is 2.49. The van der Waals surface area contributed by atoms with Crippen molar-refractivity contribution in [1.29, 1.82) is 0 Å². The van der Waals surface area contributed by atoms with Crippen LogP contribution in [0.15, 0.2) is 30.3 Å². The number of ether oxygens (including phenoxy) is 1. The molecule has 3 atom stereocenters. The molecule has 0 saturated carbocycles. The zero-order valence-electron chi connectivity index (χ0n) is 13.8. The fourth-order valence-corrected chi connectivity index (χ4v) is 3.98. The van der Waals surface area contributed by atoms with Crippen molar-refractivity contribution >= 4 is 24.6 Å². The zero-order chi connectivity index (χ0) is 17.4. The van der Waals surface area contributed by atoms with Crippen LogP contribution in [0.5, 0.6) is 0 Å². The van der Waals surface area contributed by atoms with Gasteiger partial charge in [-0.05, 0) is 18.4 Å². The van der Waals surface area contributed by atoms with Crippen molar-refractivity contribution in [2.24, 2.45) is 0 Å². The molecular formula is C17H21N3O4S. The Morgan fingerprint density at radius 1 is 1.28 bits per heavy atom. The van der Waals surface area contributed by atoms with Crippen LogP contribution >= 0.6 is 12.6 Å². The molecule has 2 bridgehead atoms. The van der Waals surface area contributed by atoms with E-state index >= 15 is 0 Å². The third kappa shape index (κ3) is 3.09. The first-order valence-electron chi connectivity index (χ1n) is 8.52. The Hall–Kier alpha value is -1.77. The van der Waals surface area contributed by atoms with Crippen LogP contribution in [0.25, 0.3) is 0 Å². The predicted molar refractivity (Wildman–Crippen MR) is 92.4 cm³/mol. The number of hydrogen-bond donors (Lipinski definition) is 1. The van der Waals surface area contributed by atoms with Crippen LogP contribution in [-0.2, 0) is 21.0 Å². The van der Waals surface area contributed by atoms with Crippen LogP contribution in [0.2, 0.25) is 0 Å². The van der Waals surface area contributed by atoms with Crippen molar-refractivity contribution in [2.75, 3.05) is 19.7 Å². The molecular weight excluding hydrogens is 342 g/mol. The van der Waals surface area contributed by atoms with E-state index in [9.17, 15) is 9.59 Å². The van der Waals surface area contributed by atoms with Gasteiger partial charge in [-0.2, -0.15) is 5.06 Å². The van der Waals surface area contributed by atoms with Gasteiger partial charge in [-0.1, -0.05) is 30.3 Å². The lowest BCUT2D eigenvalue weighted by Gasteiger charge is -2.32. The quantitative estimate of drug-likeness (QED) is 0.823. The van der Waals surface area contributed by atoms with Crippen molar-refractivity contribution in [1.82, 2.24) is 14.9 Å². The summed E-state index contributed by atoms with van der Waals surface area (Å²) in [5.41, 5.74) is 0.486. The molecule has 3 fully saturated rings. The van der Waals surface area contributed by atoms with Gasteiger partial charge in [0.15, 0.2) is 5.56 Å². The van der Waals surface area contributed by atoms with Gasteiger partial charge in [0, 0.05) is 13.1 Å². The SMILES string of the molecule is O=C([C@@H]1CC[C@@H]2CN1C(=O)N2OCc1ccccc1)N1CCOC1S. The largest absolute Gasteiger partial charge is 0.347 e. The minimum Gasteiger partial charge on any atom is -0.347 e. The number of hydroxylamine groups is 2. The molecule has 0 aliphatic carbocycles. The summed E-state index contributed by atoms with van der Waals surface area (Å²) in [6.45, 7) is 1.86. The van der Waals surface area contributed by atoms with Crippen LogP contribution in [-0.4, -0.2) is 64.1 Å². The molecule has 0 aromatic heterocycles. The number of carbonyl (C=O) groups excluding carboxylic acids is 2. The molecule has 25 heavy (non-hydrogen) atoms. The van der Waals surface area contributed by atoms with Crippen molar-refractivity contribution in [3.63, 3.8) is 0 Å². The molecule has 3 aliphatic heterocycles. The zero-order valence-corrected chi connectivity index (χ0v) is 14.7. The standard InChI is InChI=1S/C17H21N3O4S/c21-15(18-8-9-23-17(18)25)14-7-6-13-10-19(14)16(22)20(13)24-11-12-4-2-1-3-5-12/h1-5,13-14,17,25H,6-11H2/t13-,14+,17?/m1/s1. The Bertz CT molecular complexity index is 659. The number of urea groups is 1. The topological polar surface area (TPSA) is 62.3 Å². The molecule has 3 heterocycles. The summed E-state index contributed by atoms with van der Waals surface area (Å²) in [6.07, 6.45) is 1.39. The molecule has 7 nitrogen and oxygen atoms in total. The van der Waals surface area contributed by atoms with Gasteiger partial charge in [0.05, 0.1) is 12.6 Å². The number of amides is 3. The number of nitrogens with zero attached hydrogens (tertiary/aromatic N) is 3. The Labute approximate surface area is 151 Å². The summed E-state index contributed by atoms with van der Waals surface area (Å²) in [5.74, 6) is -0.0887. The molecule has 1 aromatic rings. The smallest absolute Gasteiger partial charge is 0.345 e. The summed E-state index contributed by atoms with van der Waals surface area (Å²) in [7, 11) is 0. The second kappa shape index (κ2) is 6.86. The van der Waals surface area contributed by atoms with E-state index in [-0.39, 0.29) is 18.0 Å². The van der Waals surface area contributed by atoms with Crippen LogP contribution in [0.3, 0.4) is 0 Å².